The Balaban J connectivity index is 1.55. The van der Waals surface area contributed by atoms with Gasteiger partial charge in [-0.25, -0.2) is 0 Å². The van der Waals surface area contributed by atoms with Crippen LogP contribution in [-0.2, 0) is 9.59 Å². The van der Waals surface area contributed by atoms with Crippen molar-refractivity contribution in [3.05, 3.63) is 39.8 Å². The molecule has 27 heavy (non-hydrogen) atoms. The first kappa shape index (κ1) is 20.5. The summed E-state index contributed by atoms with van der Waals surface area (Å²) in [5, 5.41) is 0.593. The number of carbonyl (C=O) groups is 2. The number of quaternary nitrogens is 2. The molecule has 0 atom stereocenters. The average Bonchev–Trinajstić information content (AvgIpc) is 2.90. The van der Waals surface area contributed by atoms with E-state index in [0.717, 1.165) is 31.7 Å². The van der Waals surface area contributed by atoms with E-state index in [9.17, 15) is 9.59 Å². The van der Waals surface area contributed by atoms with E-state index in [1.807, 2.05) is 18.2 Å². The second-order valence-electron chi connectivity index (χ2n) is 7.03. The topological polar surface area (TPSA) is 46.3 Å². The Hall–Kier alpha value is -1.25. The highest BCUT2D eigenvalue weighted by molar-refractivity contribution is 8.26. The molecule has 2 heterocycles. The van der Waals surface area contributed by atoms with Gasteiger partial charge in [-0.1, -0.05) is 53.8 Å². The van der Waals surface area contributed by atoms with E-state index < -0.39 is 0 Å². The molecule has 0 unspecified atom stereocenters. The number of benzene rings is 1. The Morgan fingerprint density at radius 1 is 1.30 bits per heavy atom. The van der Waals surface area contributed by atoms with Crippen molar-refractivity contribution in [2.45, 2.75) is 6.42 Å². The monoisotopic (exact) mass is 425 g/mol. The van der Waals surface area contributed by atoms with Crippen LogP contribution in [-0.4, -0.2) is 67.2 Å². The highest BCUT2D eigenvalue weighted by atomic mass is 35.5. The van der Waals surface area contributed by atoms with Crippen molar-refractivity contribution in [1.82, 2.24) is 4.90 Å². The summed E-state index contributed by atoms with van der Waals surface area (Å²) in [5.74, 6) is 0.0435. The number of nitrogens with zero attached hydrogens (tertiary/aromatic N) is 1. The lowest BCUT2D eigenvalue weighted by atomic mass is 10.2. The summed E-state index contributed by atoms with van der Waals surface area (Å²) in [4.78, 5) is 29.9. The molecule has 3 rings (SSSR count). The number of thioether (sulfide) groups is 1. The Morgan fingerprint density at radius 3 is 2.70 bits per heavy atom. The third kappa shape index (κ3) is 5.39. The number of amides is 1. The number of rotatable bonds is 6. The molecule has 1 amide bonds. The normalized spacial score (nSPS) is 24.7. The van der Waals surface area contributed by atoms with Crippen LogP contribution in [0.25, 0.3) is 6.08 Å². The minimum Gasteiger partial charge on any atom is -0.328 e. The second kappa shape index (κ2) is 9.30. The minimum atomic E-state index is -0.145. The SMILES string of the molecule is C[NH+]1CC[NH+](CC(=O)CCN2C(=O)/C(=C/c3ccccc3Cl)SC2=S)CC1. The molecular weight excluding hydrogens is 402 g/mol. The maximum absolute atomic E-state index is 12.7. The lowest BCUT2D eigenvalue weighted by molar-refractivity contribution is -1.000. The highest BCUT2D eigenvalue weighted by Crippen LogP contribution is 2.33. The first-order valence-electron chi connectivity index (χ1n) is 9.10. The first-order chi connectivity index (χ1) is 12.9. The van der Waals surface area contributed by atoms with E-state index in [1.165, 1.54) is 26.5 Å². The van der Waals surface area contributed by atoms with Crippen molar-refractivity contribution < 1.29 is 19.4 Å². The Bertz CT molecular complexity index is 776. The summed E-state index contributed by atoms with van der Waals surface area (Å²) in [5.41, 5.74) is 0.788. The zero-order valence-electron chi connectivity index (χ0n) is 15.3. The van der Waals surface area contributed by atoms with Crippen LogP contribution in [0.2, 0.25) is 5.02 Å². The number of hydrogen-bond acceptors (Lipinski definition) is 4. The van der Waals surface area contributed by atoms with Crippen molar-refractivity contribution in [2.75, 3.05) is 46.3 Å². The Labute approximate surface area is 174 Å². The van der Waals surface area contributed by atoms with Gasteiger partial charge in [0.1, 0.15) is 37.0 Å². The van der Waals surface area contributed by atoms with Gasteiger partial charge in [0, 0.05) is 18.0 Å². The van der Waals surface area contributed by atoms with E-state index >= 15 is 0 Å². The molecule has 0 aliphatic carbocycles. The minimum absolute atomic E-state index is 0.145. The number of ketones is 1. The van der Waals surface area contributed by atoms with E-state index in [2.05, 4.69) is 7.05 Å². The lowest BCUT2D eigenvalue weighted by Crippen LogP contribution is -3.27. The van der Waals surface area contributed by atoms with E-state index in [1.54, 1.807) is 12.1 Å². The van der Waals surface area contributed by atoms with Gasteiger partial charge in [-0.05, 0) is 17.7 Å². The molecule has 8 heteroatoms. The molecule has 2 N–H and O–H groups in total. The fourth-order valence-electron chi connectivity index (χ4n) is 3.24. The number of piperazine rings is 1. The number of Topliss-reactive ketones (excluding diaryl/α,β-unsaturated/α-hetero) is 1. The van der Waals surface area contributed by atoms with Crippen LogP contribution in [0, 0.1) is 0 Å². The standard InChI is InChI=1S/C19H22ClN3O2S2/c1-21-8-10-22(11-9-21)13-15(24)6-7-23-18(25)17(27-19(23)26)12-14-4-2-3-5-16(14)20/h2-5,12H,6-11,13H2,1H3/p+2/b17-12-. The quantitative estimate of drug-likeness (QED) is 0.494. The van der Waals surface area contributed by atoms with Crippen LogP contribution in [0.3, 0.4) is 0 Å². The van der Waals surface area contributed by atoms with Crippen molar-refractivity contribution in [3.8, 4) is 0 Å². The largest absolute Gasteiger partial charge is 0.328 e. The Kier molecular flexibility index (Phi) is 7.05. The predicted molar refractivity (Wildman–Crippen MR) is 113 cm³/mol. The fraction of sp³-hybridized carbons (Fsp3) is 0.421. The van der Waals surface area contributed by atoms with Gasteiger partial charge in [0.15, 0.2) is 5.78 Å². The van der Waals surface area contributed by atoms with Crippen LogP contribution < -0.4 is 9.80 Å². The maximum atomic E-state index is 12.7. The summed E-state index contributed by atoms with van der Waals surface area (Å²) in [6, 6.07) is 7.37. The fourth-order valence-corrected chi connectivity index (χ4v) is 4.73. The van der Waals surface area contributed by atoms with E-state index in [4.69, 9.17) is 23.8 Å². The molecule has 2 aliphatic rings. The molecule has 0 aromatic heterocycles. The third-order valence-electron chi connectivity index (χ3n) is 4.94. The summed E-state index contributed by atoms with van der Waals surface area (Å²) in [7, 11) is 2.18. The second-order valence-corrected chi connectivity index (χ2v) is 9.11. The number of likely N-dealkylation sites (N-methyl/N-ethyl adjacent to an activating group) is 1. The Morgan fingerprint density at radius 2 is 2.00 bits per heavy atom. The number of hydrogen-bond donors (Lipinski definition) is 2. The average molecular weight is 426 g/mol. The van der Waals surface area contributed by atoms with E-state index in [0.29, 0.717) is 33.8 Å². The smallest absolute Gasteiger partial charge is 0.266 e. The van der Waals surface area contributed by atoms with Crippen molar-refractivity contribution in [2.24, 2.45) is 0 Å². The lowest BCUT2D eigenvalue weighted by Gasteiger charge is -2.26. The van der Waals surface area contributed by atoms with Crippen LogP contribution in [0.15, 0.2) is 29.2 Å². The van der Waals surface area contributed by atoms with Crippen LogP contribution in [0.5, 0.6) is 0 Å². The van der Waals surface area contributed by atoms with Gasteiger partial charge >= 0.3 is 0 Å². The highest BCUT2D eigenvalue weighted by Gasteiger charge is 2.32. The first-order valence-corrected chi connectivity index (χ1v) is 10.7. The summed E-state index contributed by atoms with van der Waals surface area (Å²) < 4.78 is 0.502. The molecule has 2 fully saturated rings. The van der Waals surface area contributed by atoms with Gasteiger partial charge < -0.3 is 9.80 Å². The van der Waals surface area contributed by atoms with Crippen molar-refractivity contribution in [3.63, 3.8) is 0 Å². The maximum Gasteiger partial charge on any atom is 0.266 e. The number of carbonyl (C=O) groups excluding carboxylic acids is 2. The summed E-state index contributed by atoms with van der Waals surface area (Å²) in [6.07, 6.45) is 2.11. The zero-order valence-corrected chi connectivity index (χ0v) is 17.7. The molecule has 2 saturated heterocycles. The molecular formula is C19H24ClN3O2S2+2. The number of thiocarbonyl (C=S) groups is 1. The third-order valence-corrected chi connectivity index (χ3v) is 6.66. The van der Waals surface area contributed by atoms with Gasteiger partial charge in [-0.3, -0.25) is 14.5 Å². The molecule has 1 aromatic rings. The van der Waals surface area contributed by atoms with Crippen molar-refractivity contribution in [1.29, 1.82) is 0 Å². The van der Waals surface area contributed by atoms with Crippen molar-refractivity contribution >= 4 is 57.7 Å². The summed E-state index contributed by atoms with van der Waals surface area (Å²) in [6.45, 7) is 5.14. The van der Waals surface area contributed by atoms with Crippen LogP contribution in [0.1, 0.15) is 12.0 Å². The number of nitrogens with one attached hydrogen (secondary N) is 2. The van der Waals surface area contributed by atoms with E-state index in [-0.39, 0.29) is 11.7 Å². The summed E-state index contributed by atoms with van der Waals surface area (Å²) >= 11 is 12.8. The van der Waals surface area contributed by atoms with Gasteiger partial charge in [-0.15, -0.1) is 0 Å². The zero-order chi connectivity index (χ0) is 19.4. The predicted octanol–water partition coefficient (Wildman–Crippen LogP) is -0.0864. The van der Waals surface area contributed by atoms with Crippen LogP contribution >= 0.6 is 35.6 Å². The molecule has 0 bridgehead atoms. The molecule has 144 valence electrons. The number of halogens is 1. The van der Waals surface area contributed by atoms with Gasteiger partial charge in [0.05, 0.1) is 12.0 Å². The van der Waals surface area contributed by atoms with Crippen LogP contribution in [0.4, 0.5) is 0 Å². The molecule has 5 nitrogen and oxygen atoms in total. The van der Waals surface area contributed by atoms with Gasteiger partial charge in [0.2, 0.25) is 0 Å². The molecule has 1 aromatic carbocycles. The molecule has 0 radical (unpaired) electrons. The van der Waals surface area contributed by atoms with Gasteiger partial charge in [0.25, 0.3) is 5.91 Å². The van der Waals surface area contributed by atoms with Gasteiger partial charge in [-0.2, -0.15) is 0 Å². The molecule has 0 saturated carbocycles. The molecule has 0 spiro atoms. The molecule has 2 aliphatic heterocycles.